The first-order valence-electron chi connectivity index (χ1n) is 7.22. The van der Waals surface area contributed by atoms with Crippen LogP contribution in [0.15, 0.2) is 42.6 Å². The number of hydrogen-bond acceptors (Lipinski definition) is 3. The van der Waals surface area contributed by atoms with Crippen LogP contribution in [0, 0.1) is 6.92 Å². The van der Waals surface area contributed by atoms with Gasteiger partial charge in [-0.15, -0.1) is 0 Å². The zero-order chi connectivity index (χ0) is 14.4. The number of aromatic nitrogens is 1. The number of benzene rings is 1. The number of nitrogens with zero attached hydrogens (tertiary/aromatic N) is 1. The Balaban J connectivity index is 2.03. The van der Waals surface area contributed by atoms with Crippen LogP contribution in [-0.2, 0) is 0 Å². The van der Waals surface area contributed by atoms with Crippen LogP contribution in [0.5, 0.6) is 0 Å². The molecule has 0 aliphatic heterocycles. The highest BCUT2D eigenvalue weighted by molar-refractivity contribution is 5.53. The van der Waals surface area contributed by atoms with Gasteiger partial charge >= 0.3 is 0 Å². The summed E-state index contributed by atoms with van der Waals surface area (Å²) in [7, 11) is 0. The predicted octanol–water partition coefficient (Wildman–Crippen LogP) is 4.39. The minimum atomic E-state index is 0.275. The van der Waals surface area contributed by atoms with E-state index in [1.807, 2.05) is 12.3 Å². The molecule has 2 aromatic rings. The van der Waals surface area contributed by atoms with Gasteiger partial charge in [-0.2, -0.15) is 0 Å². The number of nitrogens with one attached hydrogen (secondary N) is 2. The van der Waals surface area contributed by atoms with Crippen molar-refractivity contribution >= 4 is 11.5 Å². The fraction of sp³-hybridized carbons (Fsp3) is 0.353. The molecule has 0 saturated heterocycles. The van der Waals surface area contributed by atoms with Gasteiger partial charge in [0, 0.05) is 30.5 Å². The number of anilines is 2. The van der Waals surface area contributed by atoms with Gasteiger partial charge in [-0.05, 0) is 31.9 Å². The monoisotopic (exact) mass is 269 g/mol. The number of aryl methyl sites for hydroxylation is 1. The Hall–Kier alpha value is -2.03. The second-order valence-electron chi connectivity index (χ2n) is 5.13. The molecule has 1 aromatic heterocycles. The van der Waals surface area contributed by atoms with Crippen molar-refractivity contribution < 1.29 is 0 Å². The highest BCUT2D eigenvalue weighted by atomic mass is 15.0. The van der Waals surface area contributed by atoms with Gasteiger partial charge in [0.05, 0.1) is 0 Å². The van der Waals surface area contributed by atoms with Crippen LogP contribution in [0.2, 0.25) is 0 Å². The topological polar surface area (TPSA) is 37.0 Å². The molecule has 0 amide bonds. The van der Waals surface area contributed by atoms with Gasteiger partial charge in [0.15, 0.2) is 0 Å². The van der Waals surface area contributed by atoms with Crippen LogP contribution >= 0.6 is 0 Å². The maximum Gasteiger partial charge on any atom is 0.127 e. The molecule has 1 unspecified atom stereocenters. The summed E-state index contributed by atoms with van der Waals surface area (Å²) in [5.74, 6) is 0.924. The average Bonchev–Trinajstić information content (AvgIpc) is 2.46. The van der Waals surface area contributed by atoms with Gasteiger partial charge in [-0.1, -0.05) is 36.8 Å². The fourth-order valence-corrected chi connectivity index (χ4v) is 2.06. The van der Waals surface area contributed by atoms with Crippen molar-refractivity contribution in [2.45, 2.75) is 33.2 Å². The maximum atomic E-state index is 4.32. The molecule has 1 aromatic carbocycles. The van der Waals surface area contributed by atoms with E-state index in [-0.39, 0.29) is 6.04 Å². The summed E-state index contributed by atoms with van der Waals surface area (Å²) in [5, 5.41) is 6.82. The zero-order valence-corrected chi connectivity index (χ0v) is 12.5. The molecule has 0 aliphatic carbocycles. The first-order valence-corrected chi connectivity index (χ1v) is 7.22. The summed E-state index contributed by atoms with van der Waals surface area (Å²) in [6, 6.07) is 13.0. The molecule has 0 spiro atoms. The summed E-state index contributed by atoms with van der Waals surface area (Å²) >= 11 is 0. The van der Waals surface area contributed by atoms with E-state index in [0.29, 0.717) is 0 Å². The second-order valence-corrected chi connectivity index (χ2v) is 5.13. The van der Waals surface area contributed by atoms with E-state index in [4.69, 9.17) is 0 Å². The predicted molar refractivity (Wildman–Crippen MR) is 86.2 cm³/mol. The molecule has 0 fully saturated rings. The Bertz CT molecular complexity index is 534. The van der Waals surface area contributed by atoms with E-state index in [0.717, 1.165) is 24.5 Å². The molecule has 2 rings (SSSR count). The van der Waals surface area contributed by atoms with E-state index in [9.17, 15) is 0 Å². The third-order valence-corrected chi connectivity index (χ3v) is 3.28. The Kier molecular flexibility index (Phi) is 4.99. The first-order chi connectivity index (χ1) is 9.69. The maximum absolute atomic E-state index is 4.32. The van der Waals surface area contributed by atoms with Crippen molar-refractivity contribution in [2.24, 2.45) is 0 Å². The van der Waals surface area contributed by atoms with Crippen LogP contribution in [0.4, 0.5) is 11.5 Å². The van der Waals surface area contributed by atoms with E-state index >= 15 is 0 Å². The van der Waals surface area contributed by atoms with Crippen molar-refractivity contribution in [1.29, 1.82) is 0 Å². The Labute approximate surface area is 121 Å². The molecule has 20 heavy (non-hydrogen) atoms. The van der Waals surface area contributed by atoms with Gasteiger partial charge in [0.1, 0.15) is 5.82 Å². The van der Waals surface area contributed by atoms with E-state index < -0.39 is 0 Å². The minimum Gasteiger partial charge on any atom is -0.378 e. The summed E-state index contributed by atoms with van der Waals surface area (Å²) in [5.41, 5.74) is 3.66. The zero-order valence-electron chi connectivity index (χ0n) is 12.5. The molecule has 1 atom stereocenters. The minimum absolute atomic E-state index is 0.275. The van der Waals surface area contributed by atoms with Gasteiger partial charge in [0.25, 0.3) is 0 Å². The smallest absolute Gasteiger partial charge is 0.127 e. The number of rotatable bonds is 6. The quantitative estimate of drug-likeness (QED) is 0.817. The Morgan fingerprint density at radius 2 is 1.90 bits per heavy atom. The van der Waals surface area contributed by atoms with E-state index in [2.05, 4.69) is 66.7 Å². The molecule has 106 valence electrons. The normalized spacial score (nSPS) is 11.9. The lowest BCUT2D eigenvalue weighted by molar-refractivity contribution is 0.883. The summed E-state index contributed by atoms with van der Waals surface area (Å²) in [6.07, 6.45) is 2.93. The van der Waals surface area contributed by atoms with E-state index in [1.165, 1.54) is 11.1 Å². The molecular weight excluding hydrogens is 246 g/mol. The van der Waals surface area contributed by atoms with E-state index in [1.54, 1.807) is 0 Å². The summed E-state index contributed by atoms with van der Waals surface area (Å²) in [6.45, 7) is 7.37. The Morgan fingerprint density at radius 1 is 1.15 bits per heavy atom. The van der Waals surface area contributed by atoms with Crippen molar-refractivity contribution in [3.8, 4) is 0 Å². The van der Waals surface area contributed by atoms with Crippen LogP contribution < -0.4 is 10.6 Å². The molecule has 0 radical (unpaired) electrons. The van der Waals surface area contributed by atoms with Crippen molar-refractivity contribution in [2.75, 3.05) is 17.2 Å². The third kappa shape index (κ3) is 3.98. The van der Waals surface area contributed by atoms with Crippen molar-refractivity contribution in [3.63, 3.8) is 0 Å². The number of hydrogen-bond donors (Lipinski definition) is 2. The van der Waals surface area contributed by atoms with Crippen molar-refractivity contribution in [1.82, 2.24) is 4.98 Å². The molecule has 2 N–H and O–H groups in total. The van der Waals surface area contributed by atoms with Gasteiger partial charge < -0.3 is 10.6 Å². The largest absolute Gasteiger partial charge is 0.378 e. The first kappa shape index (κ1) is 14.4. The van der Waals surface area contributed by atoms with Crippen LogP contribution in [-0.4, -0.2) is 11.5 Å². The number of pyridine rings is 1. The molecular formula is C17H23N3. The second kappa shape index (κ2) is 6.94. The molecule has 3 heteroatoms. The van der Waals surface area contributed by atoms with Crippen LogP contribution in [0.3, 0.4) is 0 Å². The van der Waals surface area contributed by atoms with Gasteiger partial charge in [-0.3, -0.25) is 0 Å². The van der Waals surface area contributed by atoms with Crippen molar-refractivity contribution in [3.05, 3.63) is 53.7 Å². The summed E-state index contributed by atoms with van der Waals surface area (Å²) in [4.78, 5) is 4.32. The highest BCUT2D eigenvalue weighted by Gasteiger charge is 2.05. The summed E-state index contributed by atoms with van der Waals surface area (Å²) < 4.78 is 0. The average molecular weight is 269 g/mol. The Morgan fingerprint density at radius 3 is 2.60 bits per heavy atom. The van der Waals surface area contributed by atoms with Gasteiger partial charge in [-0.25, -0.2) is 4.98 Å². The lowest BCUT2D eigenvalue weighted by Crippen LogP contribution is -2.08. The molecule has 3 nitrogen and oxygen atoms in total. The van der Waals surface area contributed by atoms with Crippen LogP contribution in [0.1, 0.15) is 37.4 Å². The van der Waals surface area contributed by atoms with Gasteiger partial charge in [0.2, 0.25) is 0 Å². The highest BCUT2D eigenvalue weighted by Crippen LogP contribution is 2.20. The molecule has 1 heterocycles. The fourth-order valence-electron chi connectivity index (χ4n) is 2.06. The van der Waals surface area contributed by atoms with Crippen LogP contribution in [0.25, 0.3) is 0 Å². The lowest BCUT2D eigenvalue weighted by atomic mass is 10.1. The SMILES string of the molecule is CCCNc1cc(NC(C)c2ccc(C)cc2)ccn1. The standard InChI is InChI=1S/C17H23N3/c1-4-10-18-17-12-16(9-11-19-17)20-14(3)15-7-5-13(2)6-8-15/h5-9,11-12,14H,4,10H2,1-3H3,(H2,18,19,20). The third-order valence-electron chi connectivity index (χ3n) is 3.28. The molecule has 0 saturated carbocycles. The molecule has 0 bridgehead atoms. The molecule has 0 aliphatic rings. The lowest BCUT2D eigenvalue weighted by Gasteiger charge is -2.16.